The molecule has 1 atom stereocenters. The van der Waals surface area contributed by atoms with Crippen molar-refractivity contribution in [2.24, 2.45) is 0 Å². The molecule has 0 saturated carbocycles. The van der Waals surface area contributed by atoms with Gasteiger partial charge < -0.3 is 28.3 Å². The molecule has 1 aromatic heterocycles. The zero-order valence-electron chi connectivity index (χ0n) is 18.4. The van der Waals surface area contributed by atoms with E-state index < -0.39 is 6.10 Å². The van der Waals surface area contributed by atoms with Gasteiger partial charge in [0.15, 0.2) is 5.76 Å². The van der Waals surface area contributed by atoms with Crippen molar-refractivity contribution in [2.45, 2.75) is 6.10 Å². The second-order valence-electron chi connectivity index (χ2n) is 7.34. The lowest BCUT2D eigenvalue weighted by Crippen LogP contribution is -2.36. The maximum atomic E-state index is 13.2. The Morgan fingerprint density at radius 2 is 1.62 bits per heavy atom. The van der Waals surface area contributed by atoms with Crippen molar-refractivity contribution in [2.75, 3.05) is 52.5 Å². The number of carbonyl (C=O) groups is 1. The summed E-state index contributed by atoms with van der Waals surface area (Å²) in [6, 6.07) is 17.8. The van der Waals surface area contributed by atoms with E-state index in [1.807, 2.05) is 24.3 Å². The smallest absolute Gasteiger partial charge is 0.231 e. The predicted molar refractivity (Wildman–Crippen MR) is 120 cm³/mol. The lowest BCUT2D eigenvalue weighted by Gasteiger charge is -2.29. The molecule has 3 aromatic rings. The van der Waals surface area contributed by atoms with Crippen LogP contribution in [0, 0.1) is 6.07 Å². The molecule has 32 heavy (non-hydrogen) atoms. The van der Waals surface area contributed by atoms with E-state index in [1.165, 1.54) is 7.11 Å². The molecule has 7 nitrogen and oxygen atoms in total. The fourth-order valence-electron chi connectivity index (χ4n) is 3.71. The maximum absolute atomic E-state index is 13.2. The van der Waals surface area contributed by atoms with Crippen LogP contribution < -0.4 is 14.4 Å². The van der Waals surface area contributed by atoms with E-state index in [2.05, 4.69) is 11.0 Å². The largest absolute Gasteiger partial charge is 0.496 e. The zero-order chi connectivity index (χ0) is 22.5. The van der Waals surface area contributed by atoms with E-state index in [9.17, 15) is 4.79 Å². The van der Waals surface area contributed by atoms with Crippen molar-refractivity contribution in [1.82, 2.24) is 0 Å². The Balaban J connectivity index is 1.54. The Kier molecular flexibility index (Phi) is 6.78. The summed E-state index contributed by atoms with van der Waals surface area (Å²) in [6.45, 7) is 3.15. The predicted octanol–water partition coefficient (Wildman–Crippen LogP) is 4.17. The Morgan fingerprint density at radius 1 is 0.969 bits per heavy atom. The number of benzene rings is 2. The standard InChI is InChI=1S/C25H26NO6/c1-28-20-14-18(15-21(16-20)29-2)22-8-9-23(32-22)24(27)25(30-3)17-4-6-19(7-5-17)26-10-12-31-13-11-26/h4-9,14-15,25H,10-13H2,1-3H3. The zero-order valence-corrected chi connectivity index (χ0v) is 18.4. The molecular weight excluding hydrogens is 410 g/mol. The summed E-state index contributed by atoms with van der Waals surface area (Å²) in [7, 11) is 4.63. The van der Waals surface area contributed by atoms with Crippen LogP contribution in [0.1, 0.15) is 22.2 Å². The van der Waals surface area contributed by atoms with Gasteiger partial charge in [-0.05, 0) is 42.0 Å². The molecule has 0 spiro atoms. The maximum Gasteiger partial charge on any atom is 0.231 e. The van der Waals surface area contributed by atoms with Gasteiger partial charge in [0.25, 0.3) is 0 Å². The van der Waals surface area contributed by atoms with Crippen LogP contribution in [0.4, 0.5) is 5.69 Å². The van der Waals surface area contributed by atoms with E-state index in [1.54, 1.807) is 38.5 Å². The third-order valence-corrected chi connectivity index (χ3v) is 5.44. The fraction of sp³-hybridized carbons (Fsp3) is 0.320. The Bertz CT molecular complexity index is 1030. The van der Waals surface area contributed by atoms with Gasteiger partial charge in [-0.3, -0.25) is 4.79 Å². The average molecular weight is 436 g/mol. The highest BCUT2D eigenvalue weighted by Gasteiger charge is 2.25. The molecule has 2 aromatic carbocycles. The summed E-state index contributed by atoms with van der Waals surface area (Å²) < 4.78 is 27.4. The molecule has 2 heterocycles. The molecule has 1 aliphatic rings. The highest BCUT2D eigenvalue weighted by Crippen LogP contribution is 2.32. The number of rotatable bonds is 8. The van der Waals surface area contributed by atoms with Gasteiger partial charge in [0.05, 0.1) is 33.5 Å². The molecule has 0 aliphatic carbocycles. The normalized spacial score (nSPS) is 14.8. The van der Waals surface area contributed by atoms with Gasteiger partial charge >= 0.3 is 0 Å². The number of nitrogens with zero attached hydrogens (tertiary/aromatic N) is 1. The van der Waals surface area contributed by atoms with Gasteiger partial charge in [-0.25, -0.2) is 0 Å². The molecule has 1 radical (unpaired) electrons. The number of hydrogen-bond acceptors (Lipinski definition) is 7. The van der Waals surface area contributed by atoms with Gasteiger partial charge in [-0.15, -0.1) is 0 Å². The van der Waals surface area contributed by atoms with Crippen molar-refractivity contribution in [3.8, 4) is 22.8 Å². The molecule has 0 bridgehead atoms. The summed E-state index contributed by atoms with van der Waals surface area (Å²) in [5, 5.41) is 0. The molecule has 0 N–H and O–H groups in total. The lowest BCUT2D eigenvalue weighted by molar-refractivity contribution is 0.0577. The summed E-state index contributed by atoms with van der Waals surface area (Å²) >= 11 is 0. The number of anilines is 1. The fourth-order valence-corrected chi connectivity index (χ4v) is 3.71. The molecule has 1 saturated heterocycles. The average Bonchev–Trinajstić information content (AvgIpc) is 3.35. The minimum absolute atomic E-state index is 0.217. The highest BCUT2D eigenvalue weighted by molar-refractivity contribution is 5.98. The highest BCUT2D eigenvalue weighted by atomic mass is 16.5. The third kappa shape index (κ3) is 4.64. The van der Waals surface area contributed by atoms with Crippen LogP contribution in [-0.4, -0.2) is 53.4 Å². The number of hydrogen-bond donors (Lipinski definition) is 0. The first-order valence-electron chi connectivity index (χ1n) is 10.4. The van der Waals surface area contributed by atoms with Gasteiger partial charge in [0, 0.05) is 31.5 Å². The van der Waals surface area contributed by atoms with Crippen molar-refractivity contribution in [3.05, 3.63) is 65.9 Å². The first-order chi connectivity index (χ1) is 15.6. The van der Waals surface area contributed by atoms with E-state index in [0.29, 0.717) is 17.3 Å². The number of ketones is 1. The van der Waals surface area contributed by atoms with Crippen LogP contribution in [0.5, 0.6) is 11.5 Å². The molecular formula is C25H26NO6. The van der Waals surface area contributed by atoms with Crippen molar-refractivity contribution < 1.29 is 28.2 Å². The minimum atomic E-state index is -0.763. The van der Waals surface area contributed by atoms with E-state index in [4.69, 9.17) is 23.4 Å². The Hall–Kier alpha value is -3.29. The number of Topliss-reactive ketones (excluding diaryl/α,β-unsaturated/α-hetero) is 1. The van der Waals surface area contributed by atoms with E-state index in [-0.39, 0.29) is 11.5 Å². The Morgan fingerprint density at radius 3 is 2.22 bits per heavy atom. The summed E-state index contributed by atoms with van der Waals surface area (Å²) in [5.74, 6) is 1.52. The van der Waals surface area contributed by atoms with E-state index in [0.717, 1.165) is 43.1 Å². The van der Waals surface area contributed by atoms with Crippen LogP contribution in [0.2, 0.25) is 0 Å². The number of ether oxygens (including phenoxy) is 4. The summed E-state index contributed by atoms with van der Waals surface area (Å²) in [5.41, 5.74) is 2.59. The van der Waals surface area contributed by atoms with E-state index >= 15 is 0 Å². The third-order valence-electron chi connectivity index (χ3n) is 5.44. The lowest BCUT2D eigenvalue weighted by atomic mass is 10.0. The quantitative estimate of drug-likeness (QED) is 0.491. The first kappa shape index (κ1) is 21.9. The SMILES string of the molecule is COc1[c]c(OC)cc(-c2ccc(C(=O)C(OC)c3ccc(N4CCOCC4)cc3)o2)c1. The summed E-state index contributed by atoms with van der Waals surface area (Å²) in [6.07, 6.45) is -0.763. The van der Waals surface area contributed by atoms with Crippen molar-refractivity contribution in [3.63, 3.8) is 0 Å². The molecule has 1 unspecified atom stereocenters. The van der Waals surface area contributed by atoms with Crippen LogP contribution in [0.15, 0.2) is 52.9 Å². The number of morpholine rings is 1. The molecule has 167 valence electrons. The van der Waals surface area contributed by atoms with Crippen LogP contribution in [-0.2, 0) is 9.47 Å². The molecule has 0 amide bonds. The molecule has 1 aliphatic heterocycles. The van der Waals surface area contributed by atoms with Crippen LogP contribution in [0.25, 0.3) is 11.3 Å². The van der Waals surface area contributed by atoms with Crippen LogP contribution >= 0.6 is 0 Å². The number of methoxy groups -OCH3 is 3. The monoisotopic (exact) mass is 436 g/mol. The minimum Gasteiger partial charge on any atom is -0.496 e. The molecule has 4 rings (SSSR count). The van der Waals surface area contributed by atoms with Gasteiger partial charge in [-0.2, -0.15) is 0 Å². The first-order valence-corrected chi connectivity index (χ1v) is 10.4. The summed E-state index contributed by atoms with van der Waals surface area (Å²) in [4.78, 5) is 15.4. The molecule has 1 fully saturated rings. The topological polar surface area (TPSA) is 70.4 Å². The number of carbonyl (C=O) groups excluding carboxylic acids is 1. The second kappa shape index (κ2) is 9.89. The van der Waals surface area contributed by atoms with Crippen molar-refractivity contribution >= 4 is 11.5 Å². The van der Waals surface area contributed by atoms with Crippen LogP contribution in [0.3, 0.4) is 0 Å². The Labute approximate surface area is 187 Å². The molecule has 7 heteroatoms. The number of furan rings is 1. The van der Waals surface area contributed by atoms with Gasteiger partial charge in [-0.1, -0.05) is 12.1 Å². The second-order valence-corrected chi connectivity index (χ2v) is 7.34. The van der Waals surface area contributed by atoms with Gasteiger partial charge in [0.2, 0.25) is 5.78 Å². The van der Waals surface area contributed by atoms with Gasteiger partial charge in [0.1, 0.15) is 23.4 Å². The van der Waals surface area contributed by atoms with Crippen molar-refractivity contribution in [1.29, 1.82) is 0 Å².